The summed E-state index contributed by atoms with van der Waals surface area (Å²) < 4.78 is 0. The van der Waals surface area contributed by atoms with E-state index in [1.54, 1.807) is 0 Å². The van der Waals surface area contributed by atoms with Gasteiger partial charge < -0.3 is 5.32 Å². The van der Waals surface area contributed by atoms with Gasteiger partial charge in [-0.1, -0.05) is 13.3 Å². The van der Waals surface area contributed by atoms with E-state index in [9.17, 15) is 0 Å². The Kier molecular flexibility index (Phi) is 4.66. The summed E-state index contributed by atoms with van der Waals surface area (Å²) in [4.78, 5) is 2.66. The minimum Gasteiger partial charge on any atom is -0.312 e. The summed E-state index contributed by atoms with van der Waals surface area (Å²) in [5.41, 5.74) is 0. The van der Waals surface area contributed by atoms with Gasteiger partial charge in [-0.3, -0.25) is 4.90 Å². The molecule has 1 aliphatic heterocycles. The Labute approximate surface area is 101 Å². The van der Waals surface area contributed by atoms with Crippen LogP contribution in [0.3, 0.4) is 0 Å². The van der Waals surface area contributed by atoms with E-state index in [0.29, 0.717) is 0 Å². The molecule has 16 heavy (non-hydrogen) atoms. The maximum absolute atomic E-state index is 3.76. The molecule has 0 aromatic heterocycles. The van der Waals surface area contributed by atoms with Crippen LogP contribution in [-0.4, -0.2) is 36.6 Å². The summed E-state index contributed by atoms with van der Waals surface area (Å²) in [6.45, 7) is 8.48. The molecule has 1 saturated carbocycles. The fourth-order valence-corrected chi connectivity index (χ4v) is 3.03. The molecule has 2 unspecified atom stereocenters. The van der Waals surface area contributed by atoms with E-state index in [1.165, 1.54) is 58.2 Å². The largest absolute Gasteiger partial charge is 0.312 e. The van der Waals surface area contributed by atoms with Gasteiger partial charge in [-0.2, -0.15) is 0 Å². The Morgan fingerprint density at radius 3 is 2.69 bits per heavy atom. The van der Waals surface area contributed by atoms with Crippen molar-refractivity contribution in [2.24, 2.45) is 5.92 Å². The summed E-state index contributed by atoms with van der Waals surface area (Å²) in [5, 5.41) is 3.76. The standard InChI is InChI=1S/C14H28N2/c1-3-14(13-7-8-13)15-9-11-16-10-5-4-6-12(16)2/h12-15H,3-11H2,1-2H3. The van der Waals surface area contributed by atoms with Gasteiger partial charge in [-0.05, 0) is 51.5 Å². The van der Waals surface area contributed by atoms with Crippen LogP contribution in [0.15, 0.2) is 0 Å². The molecule has 0 radical (unpaired) electrons. The number of piperidine rings is 1. The van der Waals surface area contributed by atoms with Crippen LogP contribution >= 0.6 is 0 Å². The molecule has 1 N–H and O–H groups in total. The lowest BCUT2D eigenvalue weighted by atomic mass is 10.0. The number of likely N-dealkylation sites (tertiary alicyclic amines) is 1. The molecular formula is C14H28N2. The van der Waals surface area contributed by atoms with Crippen LogP contribution in [-0.2, 0) is 0 Å². The molecule has 1 saturated heterocycles. The molecule has 0 spiro atoms. The number of rotatable bonds is 6. The van der Waals surface area contributed by atoms with E-state index in [2.05, 4.69) is 24.1 Å². The molecule has 1 heterocycles. The summed E-state index contributed by atoms with van der Waals surface area (Å²) in [6, 6.07) is 1.62. The second-order valence-corrected chi connectivity index (χ2v) is 5.69. The summed E-state index contributed by atoms with van der Waals surface area (Å²) in [6.07, 6.45) is 8.48. The van der Waals surface area contributed by atoms with E-state index in [1.807, 2.05) is 0 Å². The van der Waals surface area contributed by atoms with E-state index in [0.717, 1.165) is 18.0 Å². The van der Waals surface area contributed by atoms with Crippen molar-refractivity contribution in [3.8, 4) is 0 Å². The Morgan fingerprint density at radius 1 is 1.25 bits per heavy atom. The molecule has 0 aromatic carbocycles. The zero-order valence-electron chi connectivity index (χ0n) is 11.0. The number of hydrogen-bond donors (Lipinski definition) is 1. The van der Waals surface area contributed by atoms with Crippen LogP contribution in [0.25, 0.3) is 0 Å². The van der Waals surface area contributed by atoms with E-state index in [-0.39, 0.29) is 0 Å². The Bertz CT molecular complexity index is 201. The van der Waals surface area contributed by atoms with Gasteiger partial charge in [-0.15, -0.1) is 0 Å². The normalized spacial score (nSPS) is 29.2. The van der Waals surface area contributed by atoms with Crippen LogP contribution < -0.4 is 5.32 Å². The first-order valence-corrected chi connectivity index (χ1v) is 7.28. The fraction of sp³-hybridized carbons (Fsp3) is 1.00. The highest BCUT2D eigenvalue weighted by molar-refractivity contribution is 4.85. The Morgan fingerprint density at radius 2 is 2.06 bits per heavy atom. The second kappa shape index (κ2) is 6.02. The fourth-order valence-electron chi connectivity index (χ4n) is 3.03. The molecule has 2 rings (SSSR count). The van der Waals surface area contributed by atoms with Crippen molar-refractivity contribution >= 4 is 0 Å². The lowest BCUT2D eigenvalue weighted by Crippen LogP contribution is -2.43. The first-order valence-electron chi connectivity index (χ1n) is 7.28. The zero-order valence-corrected chi connectivity index (χ0v) is 11.0. The minimum atomic E-state index is 0.806. The maximum Gasteiger partial charge on any atom is 0.0110 e. The first-order chi connectivity index (χ1) is 7.81. The lowest BCUT2D eigenvalue weighted by Gasteiger charge is -2.33. The maximum atomic E-state index is 3.76. The number of nitrogens with zero attached hydrogens (tertiary/aromatic N) is 1. The van der Waals surface area contributed by atoms with Gasteiger partial charge in [0.2, 0.25) is 0 Å². The van der Waals surface area contributed by atoms with E-state index in [4.69, 9.17) is 0 Å². The Hall–Kier alpha value is -0.0800. The topological polar surface area (TPSA) is 15.3 Å². The van der Waals surface area contributed by atoms with Gasteiger partial charge in [0.1, 0.15) is 0 Å². The summed E-state index contributed by atoms with van der Waals surface area (Å²) >= 11 is 0. The third kappa shape index (κ3) is 3.46. The quantitative estimate of drug-likeness (QED) is 0.746. The number of hydrogen-bond acceptors (Lipinski definition) is 2. The summed E-state index contributed by atoms with van der Waals surface area (Å²) in [7, 11) is 0. The highest BCUT2D eigenvalue weighted by atomic mass is 15.2. The molecule has 2 heteroatoms. The van der Waals surface area contributed by atoms with Crippen molar-refractivity contribution in [1.29, 1.82) is 0 Å². The molecule has 2 atom stereocenters. The van der Waals surface area contributed by atoms with Crippen molar-refractivity contribution in [3.63, 3.8) is 0 Å². The molecule has 0 aromatic rings. The van der Waals surface area contributed by atoms with E-state index < -0.39 is 0 Å². The van der Waals surface area contributed by atoms with E-state index >= 15 is 0 Å². The van der Waals surface area contributed by atoms with Crippen molar-refractivity contribution in [2.75, 3.05) is 19.6 Å². The predicted molar refractivity (Wildman–Crippen MR) is 69.7 cm³/mol. The minimum absolute atomic E-state index is 0.806. The molecule has 2 nitrogen and oxygen atoms in total. The molecule has 94 valence electrons. The van der Waals surface area contributed by atoms with Gasteiger partial charge >= 0.3 is 0 Å². The van der Waals surface area contributed by atoms with Crippen LogP contribution in [0.2, 0.25) is 0 Å². The zero-order chi connectivity index (χ0) is 11.4. The highest BCUT2D eigenvalue weighted by Gasteiger charge is 2.29. The molecule has 0 bridgehead atoms. The van der Waals surface area contributed by atoms with Crippen LogP contribution in [0.1, 0.15) is 52.4 Å². The average Bonchev–Trinajstić information content (AvgIpc) is 3.11. The van der Waals surface area contributed by atoms with Crippen LogP contribution in [0.5, 0.6) is 0 Å². The van der Waals surface area contributed by atoms with Gasteiger partial charge in [0.25, 0.3) is 0 Å². The smallest absolute Gasteiger partial charge is 0.0110 e. The average molecular weight is 224 g/mol. The van der Waals surface area contributed by atoms with Crippen LogP contribution in [0.4, 0.5) is 0 Å². The van der Waals surface area contributed by atoms with Crippen molar-refractivity contribution in [3.05, 3.63) is 0 Å². The second-order valence-electron chi connectivity index (χ2n) is 5.69. The monoisotopic (exact) mass is 224 g/mol. The lowest BCUT2D eigenvalue weighted by molar-refractivity contribution is 0.159. The molecule has 1 aliphatic carbocycles. The summed E-state index contributed by atoms with van der Waals surface area (Å²) in [5.74, 6) is 1.00. The van der Waals surface area contributed by atoms with Gasteiger partial charge in [0.05, 0.1) is 0 Å². The van der Waals surface area contributed by atoms with Crippen molar-refractivity contribution < 1.29 is 0 Å². The number of nitrogens with one attached hydrogen (secondary N) is 1. The van der Waals surface area contributed by atoms with Gasteiger partial charge in [0.15, 0.2) is 0 Å². The Balaban J connectivity index is 1.62. The molecule has 2 aliphatic rings. The molecular weight excluding hydrogens is 196 g/mol. The van der Waals surface area contributed by atoms with Gasteiger partial charge in [0, 0.05) is 25.2 Å². The van der Waals surface area contributed by atoms with Crippen molar-refractivity contribution in [2.45, 2.75) is 64.5 Å². The SMILES string of the molecule is CCC(NCCN1CCCCC1C)C1CC1. The highest BCUT2D eigenvalue weighted by Crippen LogP contribution is 2.33. The molecule has 2 fully saturated rings. The van der Waals surface area contributed by atoms with Crippen molar-refractivity contribution in [1.82, 2.24) is 10.2 Å². The first kappa shape index (κ1) is 12.4. The molecule has 0 amide bonds. The third-order valence-corrected chi connectivity index (χ3v) is 4.38. The van der Waals surface area contributed by atoms with Crippen LogP contribution in [0, 0.1) is 5.92 Å². The predicted octanol–water partition coefficient (Wildman–Crippen LogP) is 2.64. The third-order valence-electron chi connectivity index (χ3n) is 4.38. The van der Waals surface area contributed by atoms with Gasteiger partial charge in [-0.25, -0.2) is 0 Å².